The molecule has 1 saturated carbocycles. The van der Waals surface area contributed by atoms with Gasteiger partial charge < -0.3 is 9.64 Å². The largest absolute Gasteiger partial charge is 0.457 e. The Labute approximate surface area is 212 Å². The van der Waals surface area contributed by atoms with Crippen molar-refractivity contribution in [2.45, 2.75) is 26.3 Å². The van der Waals surface area contributed by atoms with E-state index in [4.69, 9.17) is 27.9 Å². The highest BCUT2D eigenvalue weighted by molar-refractivity contribution is 6.55. The fourth-order valence-electron chi connectivity index (χ4n) is 4.69. The molecule has 3 nitrogen and oxygen atoms in total. The molecule has 0 N–H and O–H groups in total. The molecule has 3 atom stereocenters. The van der Waals surface area contributed by atoms with E-state index in [1.165, 1.54) is 0 Å². The van der Waals surface area contributed by atoms with Crippen molar-refractivity contribution in [2.24, 2.45) is 17.3 Å². The highest BCUT2D eigenvalue weighted by Gasteiger charge is 2.61. The first kappa shape index (κ1) is 24.4. The second kappa shape index (κ2) is 10.2. The van der Waals surface area contributed by atoms with Crippen molar-refractivity contribution < 1.29 is 9.53 Å². The van der Waals surface area contributed by atoms with Gasteiger partial charge in [-0.25, -0.2) is 0 Å². The number of halogens is 2. The van der Waals surface area contributed by atoms with Gasteiger partial charge in [0.25, 0.3) is 0 Å². The SMILES string of the molecule is CN(C(=O)C1C(C=C(Cl)Cl)C1(C)C)C(Cc1ccccc1)c1cccc(Oc2ccccc2)c1. The predicted octanol–water partition coefficient (Wildman–Crippen LogP) is 7.81. The van der Waals surface area contributed by atoms with Gasteiger partial charge in [-0.2, -0.15) is 0 Å². The lowest BCUT2D eigenvalue weighted by atomic mass is 9.96. The fourth-order valence-corrected chi connectivity index (χ4v) is 4.97. The fraction of sp³-hybridized carbons (Fsp3) is 0.276. The van der Waals surface area contributed by atoms with E-state index in [2.05, 4.69) is 32.0 Å². The Morgan fingerprint density at radius 3 is 2.24 bits per heavy atom. The molecule has 1 amide bonds. The first-order chi connectivity index (χ1) is 16.3. The van der Waals surface area contributed by atoms with E-state index in [1.807, 2.05) is 78.7 Å². The Hall–Kier alpha value is -2.75. The van der Waals surface area contributed by atoms with Gasteiger partial charge in [0.1, 0.15) is 16.0 Å². The van der Waals surface area contributed by atoms with Crippen molar-refractivity contribution in [2.75, 3.05) is 7.05 Å². The molecule has 1 aliphatic rings. The smallest absolute Gasteiger partial charge is 0.227 e. The Morgan fingerprint density at radius 1 is 0.971 bits per heavy atom. The quantitative estimate of drug-likeness (QED) is 0.320. The minimum atomic E-state index is -0.185. The van der Waals surface area contributed by atoms with Gasteiger partial charge in [0.05, 0.1) is 12.0 Å². The third kappa shape index (κ3) is 5.48. The molecular formula is C29H29Cl2NO2. The Kier molecular flexibility index (Phi) is 7.35. The average molecular weight is 494 g/mol. The molecule has 3 aromatic rings. The maximum Gasteiger partial charge on any atom is 0.227 e. The van der Waals surface area contributed by atoms with E-state index < -0.39 is 0 Å². The highest BCUT2D eigenvalue weighted by Crippen LogP contribution is 2.60. The van der Waals surface area contributed by atoms with Crippen LogP contribution >= 0.6 is 23.2 Å². The molecule has 176 valence electrons. The molecule has 4 rings (SSSR count). The maximum absolute atomic E-state index is 13.7. The number of nitrogens with zero attached hydrogens (tertiary/aromatic N) is 1. The minimum absolute atomic E-state index is 0.0255. The summed E-state index contributed by atoms with van der Waals surface area (Å²) in [6.07, 6.45) is 2.49. The molecule has 34 heavy (non-hydrogen) atoms. The summed E-state index contributed by atoms with van der Waals surface area (Å²) < 4.78 is 6.28. The van der Waals surface area contributed by atoms with Gasteiger partial charge in [-0.15, -0.1) is 0 Å². The normalized spacial score (nSPS) is 19.1. The molecule has 0 heterocycles. The van der Waals surface area contributed by atoms with Crippen molar-refractivity contribution in [3.05, 3.63) is 107 Å². The molecule has 3 unspecified atom stereocenters. The lowest BCUT2D eigenvalue weighted by molar-refractivity contribution is -0.134. The van der Waals surface area contributed by atoms with E-state index in [1.54, 1.807) is 6.08 Å². The molecule has 0 aromatic heterocycles. The Morgan fingerprint density at radius 2 is 1.59 bits per heavy atom. The topological polar surface area (TPSA) is 29.5 Å². The molecule has 1 fully saturated rings. The van der Waals surface area contributed by atoms with E-state index >= 15 is 0 Å². The third-order valence-corrected chi connectivity index (χ3v) is 7.04. The van der Waals surface area contributed by atoms with Crippen LogP contribution in [0, 0.1) is 17.3 Å². The molecule has 3 aromatic carbocycles. The molecule has 5 heteroatoms. The first-order valence-corrected chi connectivity index (χ1v) is 12.2. The van der Waals surface area contributed by atoms with Crippen LogP contribution in [0.5, 0.6) is 11.5 Å². The second-order valence-corrected chi connectivity index (χ2v) is 10.4. The first-order valence-electron chi connectivity index (χ1n) is 11.4. The number of rotatable bonds is 8. The maximum atomic E-state index is 13.7. The summed E-state index contributed by atoms with van der Waals surface area (Å²) in [5, 5.41) is 0. The van der Waals surface area contributed by atoms with Crippen molar-refractivity contribution in [1.82, 2.24) is 4.90 Å². The number of benzene rings is 3. The Balaban J connectivity index is 1.63. The monoisotopic (exact) mass is 493 g/mol. The van der Waals surface area contributed by atoms with Gasteiger partial charge in [0.15, 0.2) is 0 Å². The predicted molar refractivity (Wildman–Crippen MR) is 139 cm³/mol. The van der Waals surface area contributed by atoms with Gasteiger partial charge >= 0.3 is 0 Å². The summed E-state index contributed by atoms with van der Waals surface area (Å²) in [6.45, 7) is 4.17. The lowest BCUT2D eigenvalue weighted by Crippen LogP contribution is -2.34. The van der Waals surface area contributed by atoms with Crippen LogP contribution in [0.25, 0.3) is 0 Å². The second-order valence-electron chi connectivity index (χ2n) is 9.42. The number of ether oxygens (including phenoxy) is 1. The number of carbonyl (C=O) groups excluding carboxylic acids is 1. The van der Waals surface area contributed by atoms with Crippen LogP contribution in [-0.2, 0) is 11.2 Å². The van der Waals surface area contributed by atoms with Gasteiger partial charge in [-0.1, -0.05) is 97.7 Å². The van der Waals surface area contributed by atoms with Gasteiger partial charge in [-0.3, -0.25) is 4.79 Å². The Bertz CT molecular complexity index is 1160. The van der Waals surface area contributed by atoms with Crippen LogP contribution in [0.15, 0.2) is 95.5 Å². The number of allylic oxidation sites excluding steroid dienone is 1. The summed E-state index contributed by atoms with van der Waals surface area (Å²) >= 11 is 11.9. The summed E-state index contributed by atoms with van der Waals surface area (Å²) in [5.74, 6) is 1.47. The number of hydrogen-bond acceptors (Lipinski definition) is 2. The summed E-state index contributed by atoms with van der Waals surface area (Å²) in [5.41, 5.74) is 2.00. The van der Waals surface area contributed by atoms with Crippen LogP contribution in [0.2, 0.25) is 0 Å². The average Bonchev–Trinajstić information content (AvgIpc) is 3.36. The molecule has 0 aliphatic heterocycles. The number of para-hydroxylation sites is 1. The highest BCUT2D eigenvalue weighted by atomic mass is 35.5. The van der Waals surface area contributed by atoms with Crippen molar-refractivity contribution >= 4 is 29.1 Å². The zero-order valence-corrected chi connectivity index (χ0v) is 21.1. The zero-order chi connectivity index (χ0) is 24.3. The molecule has 0 bridgehead atoms. The van der Waals surface area contributed by atoms with Crippen LogP contribution in [0.4, 0.5) is 0 Å². The van der Waals surface area contributed by atoms with Crippen molar-refractivity contribution in [3.63, 3.8) is 0 Å². The van der Waals surface area contributed by atoms with Crippen LogP contribution in [0.1, 0.15) is 31.0 Å². The van der Waals surface area contributed by atoms with E-state index in [9.17, 15) is 4.79 Å². The number of likely N-dealkylation sites (N-methyl/N-ethyl adjacent to an activating group) is 1. The molecule has 0 saturated heterocycles. The minimum Gasteiger partial charge on any atom is -0.457 e. The summed E-state index contributed by atoms with van der Waals surface area (Å²) in [7, 11) is 1.89. The van der Waals surface area contributed by atoms with Crippen LogP contribution in [-0.4, -0.2) is 17.9 Å². The molecule has 0 spiro atoms. The van der Waals surface area contributed by atoms with Crippen molar-refractivity contribution in [3.8, 4) is 11.5 Å². The standard InChI is InChI=1S/C29H29Cl2NO2/c1-29(2)24(19-26(30)31)27(29)28(33)32(3)25(17-20-11-6-4-7-12-20)21-13-10-16-23(18-21)34-22-14-8-5-9-15-22/h4-16,18-19,24-25,27H,17H2,1-3H3. The van der Waals surface area contributed by atoms with Crippen LogP contribution in [0.3, 0.4) is 0 Å². The van der Waals surface area contributed by atoms with E-state index in [0.717, 1.165) is 22.6 Å². The van der Waals surface area contributed by atoms with Crippen molar-refractivity contribution in [1.29, 1.82) is 0 Å². The molecular weight excluding hydrogens is 465 g/mol. The van der Waals surface area contributed by atoms with Gasteiger partial charge in [-0.05, 0) is 59.2 Å². The number of amides is 1. The molecule has 0 radical (unpaired) electrons. The lowest BCUT2D eigenvalue weighted by Gasteiger charge is -2.30. The summed E-state index contributed by atoms with van der Waals surface area (Å²) in [4.78, 5) is 15.5. The zero-order valence-electron chi connectivity index (χ0n) is 19.6. The van der Waals surface area contributed by atoms with Gasteiger partial charge in [0.2, 0.25) is 5.91 Å². The van der Waals surface area contributed by atoms with E-state index in [0.29, 0.717) is 6.42 Å². The van der Waals surface area contributed by atoms with Gasteiger partial charge in [0, 0.05) is 7.05 Å². The van der Waals surface area contributed by atoms with Crippen LogP contribution < -0.4 is 4.74 Å². The van der Waals surface area contributed by atoms with E-state index in [-0.39, 0.29) is 33.7 Å². The third-order valence-electron chi connectivity index (χ3n) is 6.79. The molecule has 1 aliphatic carbocycles. The number of hydrogen-bond donors (Lipinski definition) is 0. The number of carbonyl (C=O) groups is 1. The summed E-state index contributed by atoms with van der Waals surface area (Å²) in [6, 6.07) is 27.8.